The van der Waals surface area contributed by atoms with E-state index in [1.54, 1.807) is 0 Å². The Bertz CT molecular complexity index is 376. The molecule has 1 aromatic rings. The maximum absolute atomic E-state index is 10.9. The number of carbonyl (C=O) groups is 2. The molecule has 0 bridgehead atoms. The zero-order valence-electron chi connectivity index (χ0n) is 7.60. The maximum Gasteiger partial charge on any atom is 0.354 e. The Hall–Kier alpha value is -1.75. The summed E-state index contributed by atoms with van der Waals surface area (Å²) in [5, 5.41) is 8.64. The summed E-state index contributed by atoms with van der Waals surface area (Å²) < 4.78 is 0. The quantitative estimate of drug-likeness (QED) is 0.725. The van der Waals surface area contributed by atoms with Gasteiger partial charge in [-0.3, -0.25) is 4.79 Å². The molecular formula is C9H10N2O3. The van der Waals surface area contributed by atoms with Crippen molar-refractivity contribution in [3.8, 4) is 0 Å². The first-order valence-electron chi connectivity index (χ1n) is 3.98. The highest BCUT2D eigenvalue weighted by atomic mass is 16.4. The van der Waals surface area contributed by atoms with Gasteiger partial charge in [-0.15, -0.1) is 0 Å². The van der Waals surface area contributed by atoms with Gasteiger partial charge in [0.1, 0.15) is 11.7 Å². The minimum atomic E-state index is -1.14. The van der Waals surface area contributed by atoms with E-state index in [0.29, 0.717) is 0 Å². The molecule has 0 radical (unpaired) electrons. The smallest absolute Gasteiger partial charge is 0.354 e. The molecule has 5 nitrogen and oxygen atoms in total. The summed E-state index contributed by atoms with van der Waals surface area (Å²) in [6.07, 6.45) is 0. The lowest BCUT2D eigenvalue weighted by atomic mass is 10.1. The van der Waals surface area contributed by atoms with Crippen LogP contribution in [0.1, 0.15) is 29.1 Å². The third-order valence-electron chi connectivity index (χ3n) is 1.75. The second kappa shape index (κ2) is 3.97. The molecule has 0 amide bonds. The predicted octanol–water partition coefficient (Wildman–Crippen LogP) is 0.369. The number of hydrogen-bond donors (Lipinski definition) is 2. The summed E-state index contributed by atoms with van der Waals surface area (Å²) in [6.45, 7) is 1.33. The largest absolute Gasteiger partial charge is 0.477 e. The van der Waals surface area contributed by atoms with E-state index in [0.717, 1.165) is 0 Å². The SMILES string of the molecule is CC(=O)C(N)c1cccc(C(=O)O)n1. The summed E-state index contributed by atoms with van der Waals surface area (Å²) in [5.41, 5.74) is 5.67. The Kier molecular flexibility index (Phi) is 2.93. The lowest BCUT2D eigenvalue weighted by Gasteiger charge is -2.06. The van der Waals surface area contributed by atoms with Crippen LogP contribution >= 0.6 is 0 Å². The number of nitrogens with two attached hydrogens (primary N) is 1. The average Bonchev–Trinajstić information content (AvgIpc) is 2.16. The van der Waals surface area contributed by atoms with E-state index in [2.05, 4.69) is 4.98 Å². The van der Waals surface area contributed by atoms with Gasteiger partial charge in [0.05, 0.1) is 5.69 Å². The van der Waals surface area contributed by atoms with Crippen LogP contribution in [0.3, 0.4) is 0 Å². The monoisotopic (exact) mass is 194 g/mol. The van der Waals surface area contributed by atoms with Crippen molar-refractivity contribution in [1.82, 2.24) is 4.98 Å². The lowest BCUT2D eigenvalue weighted by Crippen LogP contribution is -2.20. The fourth-order valence-electron chi connectivity index (χ4n) is 0.952. The number of carbonyl (C=O) groups excluding carboxylic acids is 1. The number of carboxylic acids is 1. The molecule has 1 aromatic heterocycles. The van der Waals surface area contributed by atoms with Crippen molar-refractivity contribution in [2.24, 2.45) is 5.73 Å². The van der Waals surface area contributed by atoms with Gasteiger partial charge in [0, 0.05) is 0 Å². The summed E-state index contributed by atoms with van der Waals surface area (Å²) in [7, 11) is 0. The highest BCUT2D eigenvalue weighted by Gasteiger charge is 2.14. The maximum atomic E-state index is 10.9. The van der Waals surface area contributed by atoms with Gasteiger partial charge in [-0.2, -0.15) is 0 Å². The van der Waals surface area contributed by atoms with E-state index < -0.39 is 12.0 Å². The number of aromatic nitrogens is 1. The van der Waals surface area contributed by atoms with Crippen LogP contribution in [0.15, 0.2) is 18.2 Å². The molecule has 3 N–H and O–H groups in total. The molecule has 0 fully saturated rings. The molecule has 0 aromatic carbocycles. The van der Waals surface area contributed by atoms with Crippen molar-refractivity contribution in [3.63, 3.8) is 0 Å². The highest BCUT2D eigenvalue weighted by molar-refractivity contribution is 5.86. The van der Waals surface area contributed by atoms with Crippen molar-refractivity contribution in [1.29, 1.82) is 0 Å². The van der Waals surface area contributed by atoms with Crippen LogP contribution in [0.2, 0.25) is 0 Å². The van der Waals surface area contributed by atoms with E-state index >= 15 is 0 Å². The topological polar surface area (TPSA) is 93.3 Å². The lowest BCUT2D eigenvalue weighted by molar-refractivity contribution is -0.118. The fraction of sp³-hybridized carbons (Fsp3) is 0.222. The Morgan fingerprint density at radius 1 is 1.50 bits per heavy atom. The second-order valence-corrected chi connectivity index (χ2v) is 2.84. The molecule has 5 heteroatoms. The van der Waals surface area contributed by atoms with Gasteiger partial charge in [-0.25, -0.2) is 9.78 Å². The Labute approximate surface area is 80.6 Å². The number of Topliss-reactive ketones (excluding diaryl/α,β-unsaturated/α-hetero) is 1. The highest BCUT2D eigenvalue weighted by Crippen LogP contribution is 2.08. The summed E-state index contributed by atoms with van der Waals surface area (Å²) in [4.78, 5) is 25.2. The number of aromatic carboxylic acids is 1. The Morgan fingerprint density at radius 3 is 2.64 bits per heavy atom. The molecule has 0 spiro atoms. The first-order valence-corrected chi connectivity index (χ1v) is 3.98. The van der Waals surface area contributed by atoms with Crippen LogP contribution < -0.4 is 5.73 Å². The van der Waals surface area contributed by atoms with Crippen LogP contribution in [-0.4, -0.2) is 21.8 Å². The first kappa shape index (κ1) is 10.3. The third-order valence-corrected chi connectivity index (χ3v) is 1.75. The predicted molar refractivity (Wildman–Crippen MR) is 48.8 cm³/mol. The number of hydrogen-bond acceptors (Lipinski definition) is 4. The minimum Gasteiger partial charge on any atom is -0.477 e. The van der Waals surface area contributed by atoms with Gasteiger partial charge in [0.15, 0.2) is 5.78 Å². The van der Waals surface area contributed by atoms with Crippen molar-refractivity contribution >= 4 is 11.8 Å². The number of pyridine rings is 1. The minimum absolute atomic E-state index is 0.112. The molecule has 1 rings (SSSR count). The van der Waals surface area contributed by atoms with Gasteiger partial charge >= 0.3 is 5.97 Å². The third kappa shape index (κ3) is 2.14. The van der Waals surface area contributed by atoms with Crippen LogP contribution in [-0.2, 0) is 4.79 Å². The molecular weight excluding hydrogens is 184 g/mol. The van der Waals surface area contributed by atoms with Gasteiger partial charge in [-0.05, 0) is 19.1 Å². The number of rotatable bonds is 3. The zero-order chi connectivity index (χ0) is 10.7. The first-order chi connectivity index (χ1) is 6.52. The van der Waals surface area contributed by atoms with Gasteiger partial charge < -0.3 is 10.8 Å². The normalized spacial score (nSPS) is 12.1. The van der Waals surface area contributed by atoms with E-state index in [-0.39, 0.29) is 17.2 Å². The molecule has 1 atom stereocenters. The van der Waals surface area contributed by atoms with Gasteiger partial charge in [0.25, 0.3) is 0 Å². The van der Waals surface area contributed by atoms with E-state index in [1.807, 2.05) is 0 Å². The Morgan fingerprint density at radius 2 is 2.14 bits per heavy atom. The van der Waals surface area contributed by atoms with Crippen molar-refractivity contribution in [2.45, 2.75) is 13.0 Å². The van der Waals surface area contributed by atoms with Crippen LogP contribution in [0.4, 0.5) is 0 Å². The number of carboxylic acid groups (broad SMARTS) is 1. The summed E-state index contributed by atoms with van der Waals surface area (Å²) >= 11 is 0. The molecule has 0 saturated carbocycles. The van der Waals surface area contributed by atoms with Crippen molar-refractivity contribution in [2.75, 3.05) is 0 Å². The van der Waals surface area contributed by atoms with E-state index in [4.69, 9.17) is 10.8 Å². The van der Waals surface area contributed by atoms with Crippen molar-refractivity contribution in [3.05, 3.63) is 29.6 Å². The summed E-state index contributed by atoms with van der Waals surface area (Å²) in [6, 6.07) is 3.53. The second-order valence-electron chi connectivity index (χ2n) is 2.84. The summed E-state index contributed by atoms with van der Waals surface area (Å²) in [5.74, 6) is -1.39. The molecule has 1 heterocycles. The number of nitrogens with zero attached hydrogens (tertiary/aromatic N) is 1. The molecule has 1 unspecified atom stereocenters. The molecule has 0 aliphatic carbocycles. The fourth-order valence-corrected chi connectivity index (χ4v) is 0.952. The molecule has 14 heavy (non-hydrogen) atoms. The van der Waals surface area contributed by atoms with Gasteiger partial charge in [-0.1, -0.05) is 6.07 Å². The van der Waals surface area contributed by atoms with E-state index in [9.17, 15) is 9.59 Å². The van der Waals surface area contributed by atoms with Crippen molar-refractivity contribution < 1.29 is 14.7 Å². The number of ketones is 1. The van der Waals surface area contributed by atoms with Gasteiger partial charge in [0.2, 0.25) is 0 Å². The van der Waals surface area contributed by atoms with Crippen LogP contribution in [0, 0.1) is 0 Å². The molecule has 0 aliphatic heterocycles. The molecule has 0 aliphatic rings. The molecule has 74 valence electrons. The standard InChI is InChI=1S/C9H10N2O3/c1-5(12)8(10)6-3-2-4-7(11-6)9(13)14/h2-4,8H,10H2,1H3,(H,13,14). The van der Waals surface area contributed by atoms with Crippen LogP contribution in [0.5, 0.6) is 0 Å². The van der Waals surface area contributed by atoms with E-state index in [1.165, 1.54) is 25.1 Å². The zero-order valence-corrected chi connectivity index (χ0v) is 7.60. The van der Waals surface area contributed by atoms with Crippen LogP contribution in [0.25, 0.3) is 0 Å². The molecule has 0 saturated heterocycles. The average molecular weight is 194 g/mol. The Balaban J connectivity index is 3.05.